The molecule has 0 atom stereocenters. The van der Waals surface area contributed by atoms with Crippen LogP contribution >= 0.6 is 0 Å². The molecule has 0 fully saturated rings. The minimum Gasteiger partial charge on any atom is -0.352 e. The fourth-order valence-electron chi connectivity index (χ4n) is 1.99. The Morgan fingerprint density at radius 3 is 2.33 bits per heavy atom. The molecule has 0 unspecified atom stereocenters. The van der Waals surface area contributed by atoms with E-state index < -0.39 is 32.5 Å². The second kappa shape index (κ2) is 7.39. The van der Waals surface area contributed by atoms with Gasteiger partial charge in [-0.25, -0.2) is 17.2 Å². The van der Waals surface area contributed by atoms with Gasteiger partial charge in [-0.3, -0.25) is 9.52 Å². The third-order valence-corrected chi connectivity index (χ3v) is 4.44. The van der Waals surface area contributed by atoms with Gasteiger partial charge >= 0.3 is 0 Å². The summed E-state index contributed by atoms with van der Waals surface area (Å²) in [5, 5.41) is 2.64. The van der Waals surface area contributed by atoms with Gasteiger partial charge in [0.05, 0.1) is 16.1 Å². The molecule has 0 heterocycles. The number of para-hydroxylation sites is 1. The summed E-state index contributed by atoms with van der Waals surface area (Å²) in [7, 11) is -4.24. The van der Waals surface area contributed by atoms with Crippen LogP contribution in [0.1, 0.15) is 23.7 Å². The van der Waals surface area contributed by atoms with Gasteiger partial charge in [-0.1, -0.05) is 19.1 Å². The number of amides is 1. The zero-order valence-electron chi connectivity index (χ0n) is 12.8. The number of hydrogen-bond acceptors (Lipinski definition) is 3. The maximum absolute atomic E-state index is 13.2. The second-order valence-electron chi connectivity index (χ2n) is 5.01. The predicted molar refractivity (Wildman–Crippen MR) is 86.2 cm³/mol. The molecule has 0 aliphatic carbocycles. The highest BCUT2D eigenvalue weighted by Gasteiger charge is 2.20. The monoisotopic (exact) mass is 354 g/mol. The Hall–Kier alpha value is -2.48. The molecule has 0 radical (unpaired) electrons. The number of halogens is 2. The van der Waals surface area contributed by atoms with Crippen molar-refractivity contribution in [3.05, 3.63) is 59.7 Å². The average molecular weight is 354 g/mol. The van der Waals surface area contributed by atoms with Crippen LogP contribution in [0.4, 0.5) is 14.5 Å². The summed E-state index contributed by atoms with van der Waals surface area (Å²) in [6, 6.07) is 7.95. The Bertz CT molecular complexity index is 834. The van der Waals surface area contributed by atoms with Crippen LogP contribution < -0.4 is 10.0 Å². The van der Waals surface area contributed by atoms with E-state index in [9.17, 15) is 22.0 Å². The number of benzene rings is 2. The molecule has 8 heteroatoms. The Labute approximate surface area is 138 Å². The lowest BCUT2D eigenvalue weighted by atomic mass is 10.1. The molecule has 1 amide bonds. The fourth-order valence-corrected chi connectivity index (χ4v) is 3.11. The zero-order chi connectivity index (χ0) is 17.7. The molecule has 5 nitrogen and oxygen atoms in total. The first-order valence-corrected chi connectivity index (χ1v) is 8.68. The number of anilines is 1. The Kier molecular flexibility index (Phi) is 5.50. The Morgan fingerprint density at radius 1 is 1.08 bits per heavy atom. The molecule has 2 aromatic rings. The van der Waals surface area contributed by atoms with Crippen molar-refractivity contribution in [2.75, 3.05) is 11.3 Å². The van der Waals surface area contributed by atoms with Gasteiger partial charge in [0, 0.05) is 12.6 Å². The highest BCUT2D eigenvalue weighted by molar-refractivity contribution is 7.92. The van der Waals surface area contributed by atoms with Crippen LogP contribution in [0.5, 0.6) is 0 Å². The van der Waals surface area contributed by atoms with Crippen molar-refractivity contribution in [3.63, 3.8) is 0 Å². The lowest BCUT2D eigenvalue weighted by Crippen LogP contribution is -2.25. The van der Waals surface area contributed by atoms with Gasteiger partial charge in [-0.05, 0) is 30.7 Å². The van der Waals surface area contributed by atoms with Crippen LogP contribution in [-0.4, -0.2) is 20.9 Å². The maximum atomic E-state index is 13.2. The molecule has 0 aliphatic heterocycles. The smallest absolute Gasteiger partial charge is 0.262 e. The van der Waals surface area contributed by atoms with Crippen LogP contribution in [0.25, 0.3) is 0 Å². The van der Waals surface area contributed by atoms with Gasteiger partial charge in [0.1, 0.15) is 11.6 Å². The largest absolute Gasteiger partial charge is 0.352 e. The maximum Gasteiger partial charge on any atom is 0.262 e. The van der Waals surface area contributed by atoms with Crippen LogP contribution in [0.2, 0.25) is 0 Å². The van der Waals surface area contributed by atoms with E-state index in [0.29, 0.717) is 24.7 Å². The van der Waals surface area contributed by atoms with Crippen molar-refractivity contribution < 1.29 is 22.0 Å². The van der Waals surface area contributed by atoms with E-state index in [2.05, 4.69) is 10.0 Å². The second-order valence-corrected chi connectivity index (χ2v) is 6.69. The molecular formula is C16H16F2N2O3S. The van der Waals surface area contributed by atoms with Gasteiger partial charge in [0.25, 0.3) is 15.9 Å². The van der Waals surface area contributed by atoms with Crippen molar-refractivity contribution in [3.8, 4) is 0 Å². The molecule has 24 heavy (non-hydrogen) atoms. The van der Waals surface area contributed by atoms with E-state index in [1.54, 1.807) is 12.1 Å². The SMILES string of the molecule is CCCNC(=O)c1ccccc1NS(=O)(=O)c1cc(F)cc(F)c1. The van der Waals surface area contributed by atoms with E-state index in [1.165, 1.54) is 12.1 Å². The van der Waals surface area contributed by atoms with Crippen LogP contribution in [0, 0.1) is 11.6 Å². The minimum atomic E-state index is -4.24. The van der Waals surface area contributed by atoms with Gasteiger partial charge in [-0.15, -0.1) is 0 Å². The van der Waals surface area contributed by atoms with Crippen molar-refractivity contribution in [2.24, 2.45) is 0 Å². The average Bonchev–Trinajstić information content (AvgIpc) is 2.52. The zero-order valence-corrected chi connectivity index (χ0v) is 13.7. The molecule has 0 saturated carbocycles. The highest BCUT2D eigenvalue weighted by Crippen LogP contribution is 2.21. The Morgan fingerprint density at radius 2 is 1.71 bits per heavy atom. The summed E-state index contributed by atoms with van der Waals surface area (Å²) < 4.78 is 53.3. The van der Waals surface area contributed by atoms with E-state index in [1.807, 2.05) is 6.92 Å². The molecule has 0 aromatic heterocycles. The van der Waals surface area contributed by atoms with Crippen molar-refractivity contribution in [1.82, 2.24) is 5.32 Å². The predicted octanol–water partition coefficient (Wildman–Crippen LogP) is 2.91. The van der Waals surface area contributed by atoms with Gasteiger partial charge < -0.3 is 5.32 Å². The third-order valence-electron chi connectivity index (χ3n) is 3.10. The van der Waals surface area contributed by atoms with E-state index >= 15 is 0 Å². The highest BCUT2D eigenvalue weighted by atomic mass is 32.2. The van der Waals surface area contributed by atoms with Crippen LogP contribution in [0.3, 0.4) is 0 Å². The van der Waals surface area contributed by atoms with Crippen LogP contribution in [-0.2, 0) is 10.0 Å². The van der Waals surface area contributed by atoms with Gasteiger partial charge in [0.15, 0.2) is 0 Å². The van der Waals surface area contributed by atoms with Crippen LogP contribution in [0.15, 0.2) is 47.4 Å². The van der Waals surface area contributed by atoms with E-state index in [4.69, 9.17) is 0 Å². The fraction of sp³-hybridized carbons (Fsp3) is 0.188. The molecular weight excluding hydrogens is 338 g/mol. The number of hydrogen-bond donors (Lipinski definition) is 2. The number of rotatable bonds is 6. The van der Waals surface area contributed by atoms with Crippen molar-refractivity contribution >= 4 is 21.6 Å². The summed E-state index contributed by atoms with van der Waals surface area (Å²) in [5.74, 6) is -2.46. The van der Waals surface area contributed by atoms with E-state index in [0.717, 1.165) is 6.42 Å². The first-order valence-electron chi connectivity index (χ1n) is 7.19. The molecule has 0 saturated heterocycles. The number of sulfonamides is 1. The minimum absolute atomic E-state index is 0.0239. The number of nitrogens with one attached hydrogen (secondary N) is 2. The lowest BCUT2D eigenvalue weighted by Gasteiger charge is -2.12. The third kappa shape index (κ3) is 4.29. The Balaban J connectivity index is 2.35. The normalized spacial score (nSPS) is 11.1. The topological polar surface area (TPSA) is 75.3 Å². The van der Waals surface area contributed by atoms with Gasteiger partial charge in [0.2, 0.25) is 0 Å². The van der Waals surface area contributed by atoms with Crippen molar-refractivity contribution in [2.45, 2.75) is 18.2 Å². The standard InChI is InChI=1S/C16H16F2N2O3S/c1-2-7-19-16(21)14-5-3-4-6-15(14)20-24(22,23)13-9-11(17)8-12(18)10-13/h3-6,8-10,20H,2,7H2,1H3,(H,19,21). The molecule has 2 aromatic carbocycles. The first-order chi connectivity index (χ1) is 11.3. The number of carbonyl (C=O) groups is 1. The molecule has 0 bridgehead atoms. The van der Waals surface area contributed by atoms with Gasteiger partial charge in [-0.2, -0.15) is 0 Å². The molecule has 128 valence electrons. The molecule has 2 N–H and O–H groups in total. The summed E-state index contributed by atoms with van der Waals surface area (Å²) >= 11 is 0. The summed E-state index contributed by atoms with van der Waals surface area (Å²) in [6.07, 6.45) is 0.724. The quantitative estimate of drug-likeness (QED) is 0.838. The number of carbonyl (C=O) groups excluding carboxylic acids is 1. The summed E-state index contributed by atoms with van der Waals surface area (Å²) in [6.45, 7) is 2.32. The van der Waals surface area contributed by atoms with E-state index in [-0.39, 0.29) is 11.3 Å². The first kappa shape index (κ1) is 17.9. The molecule has 2 rings (SSSR count). The lowest BCUT2D eigenvalue weighted by molar-refractivity contribution is 0.0954. The summed E-state index contributed by atoms with van der Waals surface area (Å²) in [5.41, 5.74) is 0.141. The van der Waals surface area contributed by atoms with Crippen molar-refractivity contribution in [1.29, 1.82) is 0 Å². The molecule has 0 aliphatic rings. The molecule has 0 spiro atoms. The summed E-state index contributed by atoms with van der Waals surface area (Å²) in [4.78, 5) is 11.5.